The van der Waals surface area contributed by atoms with Gasteiger partial charge in [0.05, 0.1) is 16.6 Å². The van der Waals surface area contributed by atoms with Gasteiger partial charge in [0.15, 0.2) is 0 Å². The monoisotopic (exact) mass is 538 g/mol. The lowest BCUT2D eigenvalue weighted by Gasteiger charge is -2.14. The Morgan fingerprint density at radius 2 is 0.976 bits per heavy atom. The minimum atomic E-state index is 0.205. The molecule has 0 saturated heterocycles. The second kappa shape index (κ2) is 9.76. The largest absolute Gasteiger partial charge is 0.507 e. The second-order valence-corrected chi connectivity index (χ2v) is 10.6. The molecule has 0 aliphatic carbocycles. The van der Waals surface area contributed by atoms with Gasteiger partial charge in [-0.3, -0.25) is 4.57 Å². The Morgan fingerprint density at radius 1 is 0.452 bits per heavy atom. The topological polar surface area (TPSA) is 38.1 Å². The number of benzene rings is 7. The molecule has 1 heterocycles. The molecule has 0 saturated carbocycles. The van der Waals surface area contributed by atoms with Crippen molar-refractivity contribution < 1.29 is 5.11 Å². The van der Waals surface area contributed by atoms with Gasteiger partial charge in [0.2, 0.25) is 0 Å². The highest BCUT2D eigenvalue weighted by atomic mass is 16.3. The molecule has 0 amide bonds. The van der Waals surface area contributed by atoms with Crippen LogP contribution in [0, 0.1) is 0 Å². The Labute approximate surface area is 243 Å². The fraction of sp³-hybridized carbons (Fsp3) is 0. The Balaban J connectivity index is 1.55. The number of aromatic nitrogens is 2. The lowest BCUT2D eigenvalue weighted by Crippen LogP contribution is -1.98. The molecule has 198 valence electrons. The summed E-state index contributed by atoms with van der Waals surface area (Å²) in [6.07, 6.45) is 0. The van der Waals surface area contributed by atoms with Crippen molar-refractivity contribution in [2.45, 2.75) is 0 Å². The molecule has 1 aromatic heterocycles. The Kier molecular flexibility index (Phi) is 5.61. The maximum Gasteiger partial charge on any atom is 0.149 e. The van der Waals surface area contributed by atoms with Gasteiger partial charge in [-0.15, -0.1) is 0 Å². The molecule has 7 aromatic carbocycles. The second-order valence-electron chi connectivity index (χ2n) is 10.6. The number of phenols is 1. The van der Waals surface area contributed by atoms with Crippen LogP contribution in [0.4, 0.5) is 0 Å². The van der Waals surface area contributed by atoms with Crippen molar-refractivity contribution in [2.75, 3.05) is 0 Å². The maximum absolute atomic E-state index is 11.0. The third kappa shape index (κ3) is 3.87. The molecule has 0 aliphatic rings. The van der Waals surface area contributed by atoms with Gasteiger partial charge in [-0.1, -0.05) is 115 Å². The van der Waals surface area contributed by atoms with Crippen molar-refractivity contribution in [1.29, 1.82) is 0 Å². The van der Waals surface area contributed by atoms with Gasteiger partial charge in [0, 0.05) is 16.5 Å². The fourth-order valence-corrected chi connectivity index (χ4v) is 6.10. The average Bonchev–Trinajstić information content (AvgIpc) is 3.46. The van der Waals surface area contributed by atoms with Gasteiger partial charge in [0.25, 0.3) is 0 Å². The highest BCUT2D eigenvalue weighted by Gasteiger charge is 2.22. The van der Waals surface area contributed by atoms with Crippen LogP contribution in [-0.2, 0) is 0 Å². The minimum Gasteiger partial charge on any atom is -0.507 e. The van der Waals surface area contributed by atoms with E-state index >= 15 is 0 Å². The zero-order valence-corrected chi connectivity index (χ0v) is 22.8. The summed E-state index contributed by atoms with van der Waals surface area (Å²) >= 11 is 0. The highest BCUT2D eigenvalue weighted by molar-refractivity contribution is 6.25. The van der Waals surface area contributed by atoms with E-state index in [-0.39, 0.29) is 5.75 Å². The van der Waals surface area contributed by atoms with E-state index in [4.69, 9.17) is 4.98 Å². The lowest BCUT2D eigenvalue weighted by atomic mass is 9.93. The van der Waals surface area contributed by atoms with E-state index in [1.165, 1.54) is 16.7 Å². The van der Waals surface area contributed by atoms with Crippen molar-refractivity contribution in [1.82, 2.24) is 9.55 Å². The number of para-hydroxylation sites is 2. The predicted molar refractivity (Wildman–Crippen MR) is 174 cm³/mol. The van der Waals surface area contributed by atoms with Crippen molar-refractivity contribution in [2.24, 2.45) is 0 Å². The molecular weight excluding hydrogens is 512 g/mol. The molecule has 0 atom stereocenters. The first-order valence-corrected chi connectivity index (χ1v) is 14.1. The normalized spacial score (nSPS) is 11.4. The molecule has 0 radical (unpaired) electrons. The van der Waals surface area contributed by atoms with E-state index in [2.05, 4.69) is 108 Å². The number of hydrogen-bond donors (Lipinski definition) is 1. The van der Waals surface area contributed by atoms with E-state index in [9.17, 15) is 5.11 Å². The summed E-state index contributed by atoms with van der Waals surface area (Å²) in [6.45, 7) is 0. The van der Waals surface area contributed by atoms with E-state index in [1.54, 1.807) is 6.07 Å². The molecule has 3 nitrogen and oxygen atoms in total. The molecule has 0 spiro atoms. The van der Waals surface area contributed by atoms with Crippen molar-refractivity contribution in [3.63, 3.8) is 0 Å². The van der Waals surface area contributed by atoms with E-state index in [1.807, 2.05) is 42.5 Å². The average molecular weight is 539 g/mol. The van der Waals surface area contributed by atoms with Gasteiger partial charge < -0.3 is 5.11 Å². The van der Waals surface area contributed by atoms with Gasteiger partial charge in [-0.2, -0.15) is 0 Å². The van der Waals surface area contributed by atoms with Gasteiger partial charge in [-0.25, -0.2) is 4.98 Å². The predicted octanol–water partition coefficient (Wildman–Crippen LogP) is 10.0. The molecule has 0 bridgehead atoms. The first-order chi connectivity index (χ1) is 20.8. The highest BCUT2D eigenvalue weighted by Crippen LogP contribution is 2.42. The summed E-state index contributed by atoms with van der Waals surface area (Å²) in [5.41, 5.74) is 8.31. The summed E-state index contributed by atoms with van der Waals surface area (Å²) in [7, 11) is 0. The Morgan fingerprint density at radius 3 is 1.60 bits per heavy atom. The summed E-state index contributed by atoms with van der Waals surface area (Å²) in [5.74, 6) is 0.915. The van der Waals surface area contributed by atoms with Crippen LogP contribution in [-0.4, -0.2) is 14.7 Å². The number of phenolic OH excluding ortho intramolecular Hbond substituents is 1. The van der Waals surface area contributed by atoms with Crippen LogP contribution in [0.25, 0.3) is 71.9 Å². The number of aromatic hydroxyl groups is 1. The van der Waals surface area contributed by atoms with E-state index in [0.717, 1.165) is 43.8 Å². The summed E-state index contributed by atoms with van der Waals surface area (Å²) in [5, 5.41) is 15.5. The molecular formula is C39H26N2O. The van der Waals surface area contributed by atoms with Crippen LogP contribution in [0.2, 0.25) is 0 Å². The summed E-state index contributed by atoms with van der Waals surface area (Å²) < 4.78 is 2.19. The van der Waals surface area contributed by atoms with Crippen molar-refractivity contribution >= 4 is 32.6 Å². The minimum absolute atomic E-state index is 0.205. The molecule has 0 unspecified atom stereocenters. The third-order valence-electron chi connectivity index (χ3n) is 8.09. The molecule has 8 rings (SSSR count). The Bertz CT molecular complexity index is 2230. The van der Waals surface area contributed by atoms with Gasteiger partial charge in [0.1, 0.15) is 11.6 Å². The molecule has 3 heteroatoms. The van der Waals surface area contributed by atoms with E-state index in [0.29, 0.717) is 11.4 Å². The number of hydrogen-bond acceptors (Lipinski definition) is 2. The quantitative estimate of drug-likeness (QED) is 0.226. The van der Waals surface area contributed by atoms with E-state index < -0.39 is 0 Å². The summed E-state index contributed by atoms with van der Waals surface area (Å²) in [6, 6.07) is 52.2. The van der Waals surface area contributed by atoms with Crippen LogP contribution < -0.4 is 0 Å². The number of fused-ring (bicyclic) bond motifs is 6. The standard InChI is InChI=1S/C39H26N2O/c42-36-19-11-10-18-33(36)39-40-37-31-22-20-28(26-12-4-1-5-13-26)24-34(31)35-25-29(27-14-6-2-7-15-27)21-23-32(35)38(37)41(39)30-16-8-3-9-17-30/h1-25,42H. The van der Waals surface area contributed by atoms with Crippen molar-refractivity contribution in [3.05, 3.63) is 152 Å². The SMILES string of the molecule is Oc1ccccc1-c1nc2c3ccc(-c4ccccc4)cc3c3cc(-c4ccccc4)ccc3c2n1-c1ccccc1. The zero-order chi connectivity index (χ0) is 28.0. The van der Waals surface area contributed by atoms with Gasteiger partial charge in [-0.05, 0) is 69.4 Å². The first-order valence-electron chi connectivity index (χ1n) is 14.1. The smallest absolute Gasteiger partial charge is 0.149 e. The van der Waals surface area contributed by atoms with Crippen LogP contribution >= 0.6 is 0 Å². The maximum atomic E-state index is 11.0. The zero-order valence-electron chi connectivity index (χ0n) is 22.8. The van der Waals surface area contributed by atoms with Crippen LogP contribution in [0.5, 0.6) is 5.75 Å². The molecule has 8 aromatic rings. The summed E-state index contributed by atoms with van der Waals surface area (Å²) in [4.78, 5) is 5.28. The van der Waals surface area contributed by atoms with Gasteiger partial charge >= 0.3 is 0 Å². The van der Waals surface area contributed by atoms with Crippen LogP contribution in [0.1, 0.15) is 0 Å². The lowest BCUT2D eigenvalue weighted by molar-refractivity contribution is 0.477. The molecule has 0 aliphatic heterocycles. The molecule has 42 heavy (non-hydrogen) atoms. The number of nitrogens with zero attached hydrogens (tertiary/aromatic N) is 2. The first kappa shape index (κ1) is 24.2. The Hall–Kier alpha value is -5.67. The third-order valence-corrected chi connectivity index (χ3v) is 8.09. The van der Waals surface area contributed by atoms with Crippen LogP contribution in [0.3, 0.4) is 0 Å². The van der Waals surface area contributed by atoms with Crippen molar-refractivity contribution in [3.8, 4) is 45.1 Å². The van der Waals surface area contributed by atoms with Crippen LogP contribution in [0.15, 0.2) is 152 Å². The fourth-order valence-electron chi connectivity index (χ4n) is 6.10. The number of imidazole rings is 1. The molecule has 0 fully saturated rings. The molecule has 1 N–H and O–H groups in total. The number of rotatable bonds is 4.